The number of methoxy groups -OCH3 is 1. The zero-order valence-corrected chi connectivity index (χ0v) is 16.9. The van der Waals surface area contributed by atoms with Gasteiger partial charge in [-0.25, -0.2) is 4.79 Å². The van der Waals surface area contributed by atoms with Crippen molar-refractivity contribution in [1.29, 1.82) is 0 Å². The molecule has 3 rings (SSSR count). The van der Waals surface area contributed by atoms with Crippen molar-refractivity contribution < 1.29 is 23.7 Å². The Kier molecular flexibility index (Phi) is 7.44. The van der Waals surface area contributed by atoms with Crippen LogP contribution in [-0.4, -0.2) is 31.3 Å². The Bertz CT molecular complexity index is 1000. The first-order valence-corrected chi connectivity index (χ1v) is 9.52. The standard InChI is InChI=1S/C24H23NO5/c1-3-28-23-16-18(11-13-19-8-6-7-15-25-19)12-14-22(23)30-24(26)17-29-21-10-5-4-9-20(21)27-2/h4-16H,3,17H2,1-2H3/b13-11+. The van der Waals surface area contributed by atoms with Crippen molar-refractivity contribution in [2.24, 2.45) is 0 Å². The van der Waals surface area contributed by atoms with Crippen LogP contribution in [0, 0.1) is 0 Å². The molecule has 0 saturated carbocycles. The molecule has 0 unspecified atom stereocenters. The zero-order valence-electron chi connectivity index (χ0n) is 16.9. The summed E-state index contributed by atoms with van der Waals surface area (Å²) < 4.78 is 21.8. The maximum absolute atomic E-state index is 12.3. The Balaban J connectivity index is 1.67. The minimum absolute atomic E-state index is 0.257. The van der Waals surface area contributed by atoms with Crippen LogP contribution in [0.5, 0.6) is 23.0 Å². The average molecular weight is 405 g/mol. The van der Waals surface area contributed by atoms with E-state index in [0.717, 1.165) is 11.3 Å². The van der Waals surface area contributed by atoms with Crippen molar-refractivity contribution in [3.05, 3.63) is 78.1 Å². The number of rotatable bonds is 9. The number of aromatic nitrogens is 1. The highest BCUT2D eigenvalue weighted by Crippen LogP contribution is 2.30. The van der Waals surface area contributed by atoms with Crippen LogP contribution in [0.15, 0.2) is 66.9 Å². The fraction of sp³-hybridized carbons (Fsp3) is 0.167. The predicted octanol–water partition coefficient (Wildman–Crippen LogP) is 4.64. The van der Waals surface area contributed by atoms with Crippen LogP contribution >= 0.6 is 0 Å². The van der Waals surface area contributed by atoms with Crippen molar-refractivity contribution >= 4 is 18.1 Å². The SMILES string of the molecule is CCOc1cc(/C=C/c2ccccn2)ccc1OC(=O)COc1ccccc1OC. The normalized spacial score (nSPS) is 10.6. The van der Waals surface area contributed by atoms with Gasteiger partial charge < -0.3 is 18.9 Å². The molecule has 1 aromatic heterocycles. The van der Waals surface area contributed by atoms with E-state index < -0.39 is 5.97 Å². The lowest BCUT2D eigenvalue weighted by Gasteiger charge is -2.13. The van der Waals surface area contributed by atoms with Crippen LogP contribution in [0.1, 0.15) is 18.2 Å². The molecule has 0 N–H and O–H groups in total. The second-order valence-electron chi connectivity index (χ2n) is 6.14. The summed E-state index contributed by atoms with van der Waals surface area (Å²) in [6.07, 6.45) is 5.56. The second-order valence-corrected chi connectivity index (χ2v) is 6.14. The number of esters is 1. The lowest BCUT2D eigenvalue weighted by atomic mass is 10.1. The molecule has 1 heterocycles. The van der Waals surface area contributed by atoms with E-state index in [0.29, 0.717) is 29.6 Å². The fourth-order valence-corrected chi connectivity index (χ4v) is 2.66. The highest BCUT2D eigenvalue weighted by molar-refractivity contribution is 5.76. The average Bonchev–Trinajstić information content (AvgIpc) is 2.79. The van der Waals surface area contributed by atoms with Gasteiger partial charge in [-0.2, -0.15) is 0 Å². The molecule has 0 aliphatic rings. The van der Waals surface area contributed by atoms with Crippen molar-refractivity contribution in [1.82, 2.24) is 4.98 Å². The highest BCUT2D eigenvalue weighted by atomic mass is 16.6. The summed E-state index contributed by atoms with van der Waals surface area (Å²) in [5.74, 6) is 1.28. The Morgan fingerprint density at radius 3 is 2.43 bits per heavy atom. The number of carbonyl (C=O) groups excluding carboxylic acids is 1. The Labute approximate surface area is 175 Å². The van der Waals surface area contributed by atoms with Crippen LogP contribution in [0.25, 0.3) is 12.2 Å². The molecule has 6 nitrogen and oxygen atoms in total. The molecule has 0 bridgehead atoms. The summed E-state index contributed by atoms with van der Waals surface area (Å²) >= 11 is 0. The molecule has 0 atom stereocenters. The number of nitrogens with zero attached hydrogens (tertiary/aromatic N) is 1. The summed E-state index contributed by atoms with van der Waals surface area (Å²) in [6.45, 7) is 2.05. The van der Waals surface area contributed by atoms with Crippen LogP contribution < -0.4 is 18.9 Å². The summed E-state index contributed by atoms with van der Waals surface area (Å²) in [6, 6.07) is 18.2. The molecule has 0 aliphatic heterocycles. The van der Waals surface area contributed by atoms with Gasteiger partial charge in [0.05, 0.1) is 19.4 Å². The third kappa shape index (κ3) is 5.85. The van der Waals surface area contributed by atoms with Gasteiger partial charge in [-0.3, -0.25) is 4.98 Å². The minimum atomic E-state index is -0.543. The van der Waals surface area contributed by atoms with E-state index in [4.69, 9.17) is 18.9 Å². The first-order chi connectivity index (χ1) is 14.7. The van der Waals surface area contributed by atoms with Crippen LogP contribution in [0.4, 0.5) is 0 Å². The van der Waals surface area contributed by atoms with Crippen molar-refractivity contribution in [2.75, 3.05) is 20.3 Å². The van der Waals surface area contributed by atoms with Gasteiger partial charge in [0, 0.05) is 6.20 Å². The smallest absolute Gasteiger partial charge is 0.349 e. The third-order valence-corrected chi connectivity index (χ3v) is 4.04. The van der Waals surface area contributed by atoms with E-state index in [9.17, 15) is 4.79 Å². The number of ether oxygens (including phenoxy) is 4. The number of benzene rings is 2. The number of pyridine rings is 1. The first kappa shape index (κ1) is 20.9. The molecule has 0 aliphatic carbocycles. The summed E-state index contributed by atoms with van der Waals surface area (Å²) in [5.41, 5.74) is 1.74. The van der Waals surface area contributed by atoms with Gasteiger partial charge in [0.15, 0.2) is 29.6 Å². The largest absolute Gasteiger partial charge is 0.493 e. The van der Waals surface area contributed by atoms with Crippen LogP contribution in [0.3, 0.4) is 0 Å². The van der Waals surface area contributed by atoms with E-state index >= 15 is 0 Å². The Morgan fingerprint density at radius 1 is 0.900 bits per heavy atom. The topological polar surface area (TPSA) is 66.9 Å². The van der Waals surface area contributed by atoms with Gasteiger partial charge in [-0.05, 0) is 55.0 Å². The minimum Gasteiger partial charge on any atom is -0.493 e. The van der Waals surface area contributed by atoms with Crippen molar-refractivity contribution in [3.63, 3.8) is 0 Å². The van der Waals surface area contributed by atoms with E-state index in [1.54, 1.807) is 37.6 Å². The number of hydrogen-bond acceptors (Lipinski definition) is 6. The molecular formula is C24H23NO5. The van der Waals surface area contributed by atoms with Crippen LogP contribution in [-0.2, 0) is 4.79 Å². The summed E-state index contributed by atoms with van der Waals surface area (Å²) in [4.78, 5) is 16.5. The maximum atomic E-state index is 12.3. The monoisotopic (exact) mass is 405 g/mol. The van der Waals surface area contributed by atoms with Gasteiger partial charge in [0.1, 0.15) is 0 Å². The van der Waals surface area contributed by atoms with E-state index in [1.165, 1.54) is 0 Å². The van der Waals surface area contributed by atoms with Crippen molar-refractivity contribution in [2.45, 2.75) is 6.92 Å². The molecule has 0 fully saturated rings. The maximum Gasteiger partial charge on any atom is 0.349 e. The van der Waals surface area contributed by atoms with E-state index in [-0.39, 0.29) is 6.61 Å². The molecule has 3 aromatic rings. The molecule has 0 spiro atoms. The Morgan fingerprint density at radius 2 is 1.70 bits per heavy atom. The molecule has 30 heavy (non-hydrogen) atoms. The second kappa shape index (κ2) is 10.7. The summed E-state index contributed by atoms with van der Waals surface area (Å²) in [5, 5.41) is 0. The zero-order chi connectivity index (χ0) is 21.2. The lowest BCUT2D eigenvalue weighted by molar-refractivity contribution is -0.136. The number of para-hydroxylation sites is 2. The fourth-order valence-electron chi connectivity index (χ4n) is 2.66. The number of hydrogen-bond donors (Lipinski definition) is 0. The van der Waals surface area contributed by atoms with E-state index in [1.807, 2.05) is 55.5 Å². The quantitative estimate of drug-likeness (QED) is 0.382. The molecule has 6 heteroatoms. The van der Waals surface area contributed by atoms with Gasteiger partial charge in [0.25, 0.3) is 0 Å². The molecule has 0 amide bonds. The van der Waals surface area contributed by atoms with Gasteiger partial charge >= 0.3 is 5.97 Å². The Hall–Kier alpha value is -3.80. The van der Waals surface area contributed by atoms with E-state index in [2.05, 4.69) is 4.98 Å². The number of carbonyl (C=O) groups is 1. The third-order valence-electron chi connectivity index (χ3n) is 4.04. The molecule has 2 aromatic carbocycles. The van der Waals surface area contributed by atoms with Crippen LogP contribution in [0.2, 0.25) is 0 Å². The lowest BCUT2D eigenvalue weighted by Crippen LogP contribution is -2.18. The summed E-state index contributed by atoms with van der Waals surface area (Å²) in [7, 11) is 1.54. The van der Waals surface area contributed by atoms with Crippen molar-refractivity contribution in [3.8, 4) is 23.0 Å². The molecule has 0 radical (unpaired) electrons. The predicted molar refractivity (Wildman–Crippen MR) is 115 cm³/mol. The van der Waals surface area contributed by atoms with Gasteiger partial charge in [-0.15, -0.1) is 0 Å². The molecule has 154 valence electrons. The highest BCUT2D eigenvalue weighted by Gasteiger charge is 2.13. The first-order valence-electron chi connectivity index (χ1n) is 9.52. The molecular weight excluding hydrogens is 382 g/mol. The van der Waals surface area contributed by atoms with Gasteiger partial charge in [0.2, 0.25) is 0 Å². The van der Waals surface area contributed by atoms with Gasteiger partial charge in [-0.1, -0.05) is 30.3 Å². The molecule has 0 saturated heterocycles.